The van der Waals surface area contributed by atoms with Crippen molar-refractivity contribution in [1.82, 2.24) is 10.2 Å². The van der Waals surface area contributed by atoms with Crippen LogP contribution in [0.2, 0.25) is 0 Å². The van der Waals surface area contributed by atoms with Crippen molar-refractivity contribution >= 4 is 30.7 Å². The van der Waals surface area contributed by atoms with Crippen molar-refractivity contribution in [1.29, 1.82) is 0 Å². The molecule has 2 fully saturated rings. The molecule has 2 aliphatic rings. The summed E-state index contributed by atoms with van der Waals surface area (Å²) < 4.78 is 5.40. The van der Waals surface area contributed by atoms with E-state index < -0.39 is 0 Å². The van der Waals surface area contributed by atoms with E-state index >= 15 is 0 Å². The van der Waals surface area contributed by atoms with Crippen LogP contribution in [-0.2, 0) is 9.53 Å². The SMILES string of the molecule is CCOCCCN1CCC(NC(=O)C2CCC(N)C2)C(C)C1.Cl.Cl. The van der Waals surface area contributed by atoms with E-state index in [-0.39, 0.29) is 42.7 Å². The summed E-state index contributed by atoms with van der Waals surface area (Å²) in [5, 5.41) is 3.28. The summed E-state index contributed by atoms with van der Waals surface area (Å²) in [6.45, 7) is 9.18. The zero-order valence-corrected chi connectivity index (χ0v) is 16.7. The molecule has 1 saturated heterocycles. The van der Waals surface area contributed by atoms with Crippen LogP contribution in [-0.4, -0.2) is 55.7 Å². The summed E-state index contributed by atoms with van der Waals surface area (Å²) in [6, 6.07) is 0.549. The van der Waals surface area contributed by atoms with Gasteiger partial charge in [0.15, 0.2) is 0 Å². The lowest BCUT2D eigenvalue weighted by atomic mass is 9.92. The molecule has 0 radical (unpaired) electrons. The van der Waals surface area contributed by atoms with E-state index in [9.17, 15) is 4.79 Å². The standard InChI is InChI=1S/C17H33N3O2.2ClH/c1-3-22-10-4-8-20-9-7-16(13(2)12-20)19-17(21)14-5-6-15(18)11-14;;/h13-16H,3-12,18H2,1-2H3,(H,19,21);2*1H. The zero-order valence-electron chi connectivity index (χ0n) is 15.0. The molecule has 1 aliphatic carbocycles. The molecule has 1 heterocycles. The molecule has 2 rings (SSSR count). The van der Waals surface area contributed by atoms with E-state index in [4.69, 9.17) is 10.5 Å². The van der Waals surface area contributed by atoms with E-state index in [1.165, 1.54) is 0 Å². The second kappa shape index (κ2) is 12.3. The van der Waals surface area contributed by atoms with Crippen LogP contribution < -0.4 is 11.1 Å². The quantitative estimate of drug-likeness (QED) is 0.661. The maximum absolute atomic E-state index is 12.3. The number of nitrogens with one attached hydrogen (secondary N) is 1. The molecule has 5 nitrogen and oxygen atoms in total. The molecule has 0 bridgehead atoms. The van der Waals surface area contributed by atoms with Crippen molar-refractivity contribution in [3.05, 3.63) is 0 Å². The fourth-order valence-corrected chi connectivity index (χ4v) is 3.74. The van der Waals surface area contributed by atoms with Crippen LogP contribution in [0.3, 0.4) is 0 Å². The van der Waals surface area contributed by atoms with Gasteiger partial charge in [-0.3, -0.25) is 4.79 Å². The number of nitrogens with two attached hydrogens (primary N) is 1. The molecule has 1 amide bonds. The predicted octanol–water partition coefficient (Wildman–Crippen LogP) is 2.21. The van der Waals surface area contributed by atoms with Crippen LogP contribution in [0.4, 0.5) is 0 Å². The molecule has 4 unspecified atom stereocenters. The fourth-order valence-electron chi connectivity index (χ4n) is 3.74. The highest BCUT2D eigenvalue weighted by atomic mass is 35.5. The third-order valence-electron chi connectivity index (χ3n) is 5.13. The van der Waals surface area contributed by atoms with Gasteiger partial charge in [0.1, 0.15) is 0 Å². The van der Waals surface area contributed by atoms with Gasteiger partial charge in [-0.05, 0) is 44.9 Å². The first-order chi connectivity index (χ1) is 10.6. The van der Waals surface area contributed by atoms with Gasteiger partial charge in [-0.1, -0.05) is 6.92 Å². The number of piperidine rings is 1. The molecule has 1 saturated carbocycles. The first-order valence-electron chi connectivity index (χ1n) is 8.96. The Hall–Kier alpha value is -0.0700. The Morgan fingerprint density at radius 2 is 2.04 bits per heavy atom. The van der Waals surface area contributed by atoms with Gasteiger partial charge in [0.25, 0.3) is 0 Å². The van der Waals surface area contributed by atoms with Crippen LogP contribution in [0.1, 0.15) is 46.0 Å². The highest BCUT2D eigenvalue weighted by molar-refractivity contribution is 5.85. The number of halogens is 2. The molecule has 144 valence electrons. The average molecular weight is 384 g/mol. The summed E-state index contributed by atoms with van der Waals surface area (Å²) >= 11 is 0. The minimum atomic E-state index is 0. The Balaban J connectivity index is 0.00000264. The van der Waals surface area contributed by atoms with Crippen molar-refractivity contribution < 1.29 is 9.53 Å². The van der Waals surface area contributed by atoms with Crippen molar-refractivity contribution in [2.75, 3.05) is 32.8 Å². The predicted molar refractivity (Wildman–Crippen MR) is 103 cm³/mol. The highest BCUT2D eigenvalue weighted by Crippen LogP contribution is 2.25. The average Bonchev–Trinajstić information content (AvgIpc) is 2.93. The number of hydrogen-bond acceptors (Lipinski definition) is 4. The van der Waals surface area contributed by atoms with Gasteiger partial charge < -0.3 is 20.7 Å². The van der Waals surface area contributed by atoms with E-state index in [1.807, 2.05) is 6.92 Å². The van der Waals surface area contributed by atoms with Gasteiger partial charge in [0.2, 0.25) is 5.91 Å². The molecular weight excluding hydrogens is 349 g/mol. The summed E-state index contributed by atoms with van der Waals surface area (Å²) in [7, 11) is 0. The molecule has 1 aliphatic heterocycles. The number of carbonyl (C=O) groups excluding carboxylic acids is 1. The summed E-state index contributed by atoms with van der Waals surface area (Å²) in [4.78, 5) is 14.8. The topological polar surface area (TPSA) is 67.6 Å². The molecule has 3 N–H and O–H groups in total. The lowest BCUT2D eigenvalue weighted by molar-refractivity contribution is -0.126. The Kier molecular flexibility index (Phi) is 12.3. The molecule has 0 aromatic heterocycles. The van der Waals surface area contributed by atoms with Gasteiger partial charge in [-0.2, -0.15) is 0 Å². The van der Waals surface area contributed by atoms with E-state index in [0.29, 0.717) is 12.0 Å². The van der Waals surface area contributed by atoms with E-state index in [0.717, 1.165) is 65.0 Å². The van der Waals surface area contributed by atoms with Crippen LogP contribution in [0.25, 0.3) is 0 Å². The lowest BCUT2D eigenvalue weighted by Crippen LogP contribution is -2.51. The van der Waals surface area contributed by atoms with Crippen LogP contribution >= 0.6 is 24.8 Å². The Morgan fingerprint density at radius 3 is 2.62 bits per heavy atom. The van der Waals surface area contributed by atoms with E-state index in [1.54, 1.807) is 0 Å². The first kappa shape index (κ1) is 23.9. The lowest BCUT2D eigenvalue weighted by Gasteiger charge is -2.37. The minimum absolute atomic E-state index is 0. The molecule has 24 heavy (non-hydrogen) atoms. The number of hydrogen-bond donors (Lipinski definition) is 2. The van der Waals surface area contributed by atoms with Crippen molar-refractivity contribution in [2.45, 2.75) is 58.0 Å². The maximum atomic E-state index is 12.3. The van der Waals surface area contributed by atoms with Crippen molar-refractivity contribution in [2.24, 2.45) is 17.6 Å². The van der Waals surface area contributed by atoms with Crippen molar-refractivity contribution in [3.63, 3.8) is 0 Å². The number of amides is 1. The van der Waals surface area contributed by atoms with Gasteiger partial charge in [-0.25, -0.2) is 0 Å². The monoisotopic (exact) mass is 383 g/mol. The molecule has 4 atom stereocenters. The normalized spacial score (nSPS) is 30.3. The largest absolute Gasteiger partial charge is 0.382 e. The van der Waals surface area contributed by atoms with Gasteiger partial charge in [-0.15, -0.1) is 24.8 Å². The van der Waals surface area contributed by atoms with E-state index in [2.05, 4.69) is 17.1 Å². The van der Waals surface area contributed by atoms with Crippen molar-refractivity contribution in [3.8, 4) is 0 Å². The third kappa shape index (κ3) is 7.44. The van der Waals surface area contributed by atoms with Gasteiger partial charge in [0, 0.05) is 50.8 Å². The molecule has 7 heteroatoms. The Labute approximate surface area is 159 Å². The number of ether oxygens (including phenoxy) is 1. The molecule has 0 aromatic carbocycles. The van der Waals surface area contributed by atoms with Crippen LogP contribution in [0, 0.1) is 11.8 Å². The second-order valence-corrected chi connectivity index (χ2v) is 7.00. The number of nitrogens with zero attached hydrogens (tertiary/aromatic N) is 1. The minimum Gasteiger partial charge on any atom is -0.382 e. The molecule has 0 spiro atoms. The molecular formula is C17H35Cl2N3O2. The Morgan fingerprint density at radius 1 is 1.29 bits per heavy atom. The zero-order chi connectivity index (χ0) is 15.9. The second-order valence-electron chi connectivity index (χ2n) is 7.00. The maximum Gasteiger partial charge on any atom is 0.223 e. The fraction of sp³-hybridized carbons (Fsp3) is 0.941. The van der Waals surface area contributed by atoms with Gasteiger partial charge >= 0.3 is 0 Å². The summed E-state index contributed by atoms with van der Waals surface area (Å²) in [5.41, 5.74) is 5.91. The summed E-state index contributed by atoms with van der Waals surface area (Å²) in [5.74, 6) is 0.890. The first-order valence-corrected chi connectivity index (χ1v) is 8.96. The number of carbonyl (C=O) groups is 1. The molecule has 0 aromatic rings. The Bertz CT molecular complexity index is 361. The van der Waals surface area contributed by atoms with Crippen LogP contribution in [0.5, 0.6) is 0 Å². The third-order valence-corrected chi connectivity index (χ3v) is 5.13. The highest BCUT2D eigenvalue weighted by Gasteiger charge is 2.32. The number of likely N-dealkylation sites (tertiary alicyclic amines) is 1. The van der Waals surface area contributed by atoms with Gasteiger partial charge in [0.05, 0.1) is 0 Å². The van der Waals surface area contributed by atoms with Crippen LogP contribution in [0.15, 0.2) is 0 Å². The smallest absolute Gasteiger partial charge is 0.223 e. The summed E-state index contributed by atoms with van der Waals surface area (Å²) in [6.07, 6.45) is 4.96. The number of rotatable bonds is 7.